The van der Waals surface area contributed by atoms with Crippen LogP contribution in [0.15, 0.2) is 0 Å². The van der Waals surface area contributed by atoms with Gasteiger partial charge in [0.2, 0.25) is 11.8 Å². The second-order valence-electron chi connectivity index (χ2n) is 8.96. The zero-order valence-corrected chi connectivity index (χ0v) is 20.0. The van der Waals surface area contributed by atoms with Crippen molar-refractivity contribution < 1.29 is 19.2 Å². The first-order valence-corrected chi connectivity index (χ1v) is 10.9. The summed E-state index contributed by atoms with van der Waals surface area (Å²) in [6.07, 6.45) is 1.87. The first-order valence-electron chi connectivity index (χ1n) is 10.9. The Morgan fingerprint density at radius 2 is 1.29 bits per heavy atom. The van der Waals surface area contributed by atoms with E-state index in [1.807, 2.05) is 38.0 Å². The number of carbonyl (C=O) groups is 4. The summed E-state index contributed by atoms with van der Waals surface area (Å²) in [6, 6.07) is -0.448. The molecule has 0 radical (unpaired) electrons. The van der Waals surface area contributed by atoms with Crippen molar-refractivity contribution in [2.45, 2.75) is 45.1 Å². The van der Waals surface area contributed by atoms with E-state index in [0.717, 1.165) is 30.8 Å². The lowest BCUT2D eigenvalue weighted by atomic mass is 10.0. The highest BCUT2D eigenvalue weighted by atomic mass is 16.2. The van der Waals surface area contributed by atoms with E-state index in [2.05, 4.69) is 10.6 Å². The molecule has 0 aromatic rings. The van der Waals surface area contributed by atoms with E-state index in [9.17, 15) is 19.2 Å². The van der Waals surface area contributed by atoms with Gasteiger partial charge in [0.25, 0.3) is 5.91 Å². The Balaban J connectivity index is 2.47. The Bertz CT molecular complexity index is 635. The summed E-state index contributed by atoms with van der Waals surface area (Å²) in [5, 5.41) is 5.65. The van der Waals surface area contributed by atoms with Crippen LogP contribution in [0.1, 0.15) is 39.5 Å². The van der Waals surface area contributed by atoms with E-state index in [-0.39, 0.29) is 43.7 Å². The minimum Gasteiger partial charge on any atom is -0.356 e. The van der Waals surface area contributed by atoms with Crippen molar-refractivity contribution >= 4 is 23.8 Å². The van der Waals surface area contributed by atoms with Gasteiger partial charge in [0, 0.05) is 39.0 Å². The third-order valence-corrected chi connectivity index (χ3v) is 5.24. The van der Waals surface area contributed by atoms with Crippen LogP contribution in [0.25, 0.3) is 0 Å². The van der Waals surface area contributed by atoms with Gasteiger partial charge in [-0.3, -0.25) is 19.3 Å². The van der Waals surface area contributed by atoms with Gasteiger partial charge in [0.05, 0.1) is 0 Å². The SMILES string of the molecule is CN(C)CCCNC(=O)CCN1C(=O)N(CCC(=O)NCCCN(C)C)C(C)(C)C1=O. The standard InChI is InChI=1S/C21H40N6O4/c1-21(2)19(30)26(15-9-17(28)22-11-7-13-24(3)4)20(31)27(21)16-10-18(29)23-12-8-14-25(5)6/h7-16H2,1-6H3,(H,22,28)(H,23,29). The van der Waals surface area contributed by atoms with Gasteiger partial charge in [0.15, 0.2) is 0 Å². The summed E-state index contributed by atoms with van der Waals surface area (Å²) >= 11 is 0. The molecule has 10 heteroatoms. The van der Waals surface area contributed by atoms with Gasteiger partial charge < -0.3 is 25.3 Å². The van der Waals surface area contributed by atoms with Crippen molar-refractivity contribution in [3.8, 4) is 0 Å². The van der Waals surface area contributed by atoms with Gasteiger partial charge in [0.1, 0.15) is 5.54 Å². The van der Waals surface area contributed by atoms with Gasteiger partial charge in [-0.15, -0.1) is 0 Å². The van der Waals surface area contributed by atoms with E-state index in [0.29, 0.717) is 13.1 Å². The maximum absolute atomic E-state index is 12.8. The molecule has 0 saturated carbocycles. The van der Waals surface area contributed by atoms with E-state index in [4.69, 9.17) is 0 Å². The maximum Gasteiger partial charge on any atom is 0.327 e. The molecular weight excluding hydrogens is 400 g/mol. The molecule has 1 saturated heterocycles. The molecule has 0 aliphatic carbocycles. The monoisotopic (exact) mass is 440 g/mol. The molecule has 178 valence electrons. The molecule has 1 fully saturated rings. The number of rotatable bonds is 14. The van der Waals surface area contributed by atoms with Crippen molar-refractivity contribution in [2.75, 3.05) is 67.5 Å². The fourth-order valence-corrected chi connectivity index (χ4v) is 3.34. The lowest BCUT2D eigenvalue weighted by Crippen LogP contribution is -2.45. The molecular formula is C21H40N6O4. The molecule has 0 aromatic carbocycles. The van der Waals surface area contributed by atoms with Crippen LogP contribution in [0.2, 0.25) is 0 Å². The molecule has 0 spiro atoms. The fourth-order valence-electron chi connectivity index (χ4n) is 3.34. The predicted octanol–water partition coefficient (Wildman–Crippen LogP) is -0.0548. The van der Waals surface area contributed by atoms with Gasteiger partial charge in [-0.2, -0.15) is 0 Å². The highest BCUT2D eigenvalue weighted by Crippen LogP contribution is 2.27. The average molecular weight is 441 g/mol. The minimum absolute atomic E-state index is 0.0356. The number of amides is 5. The van der Waals surface area contributed by atoms with E-state index in [1.54, 1.807) is 13.8 Å². The van der Waals surface area contributed by atoms with Crippen molar-refractivity contribution in [1.29, 1.82) is 0 Å². The summed E-state index contributed by atoms with van der Waals surface area (Å²) < 4.78 is 0. The zero-order chi connectivity index (χ0) is 23.6. The molecule has 2 N–H and O–H groups in total. The fraction of sp³-hybridized carbons (Fsp3) is 0.810. The molecule has 1 aliphatic rings. The van der Waals surface area contributed by atoms with Gasteiger partial charge in [-0.05, 0) is 68.0 Å². The number of urea groups is 1. The Labute approximate surface area is 186 Å². The molecule has 1 rings (SSSR count). The van der Waals surface area contributed by atoms with E-state index in [1.165, 1.54) is 4.90 Å². The van der Waals surface area contributed by atoms with Crippen molar-refractivity contribution in [1.82, 2.24) is 30.2 Å². The second-order valence-corrected chi connectivity index (χ2v) is 8.96. The lowest BCUT2D eigenvalue weighted by molar-refractivity contribution is -0.132. The van der Waals surface area contributed by atoms with Crippen LogP contribution >= 0.6 is 0 Å². The molecule has 5 amide bonds. The van der Waals surface area contributed by atoms with Crippen molar-refractivity contribution in [3.63, 3.8) is 0 Å². The van der Waals surface area contributed by atoms with Crippen LogP contribution in [0, 0.1) is 0 Å². The quantitative estimate of drug-likeness (QED) is 0.290. The largest absolute Gasteiger partial charge is 0.356 e. The highest BCUT2D eigenvalue weighted by Gasteiger charge is 2.50. The second kappa shape index (κ2) is 12.6. The number of carbonyl (C=O) groups excluding carboxylic acids is 4. The topological polar surface area (TPSA) is 105 Å². The Hall–Kier alpha value is -2.20. The lowest BCUT2D eigenvalue weighted by Gasteiger charge is -2.27. The smallest absolute Gasteiger partial charge is 0.327 e. The Morgan fingerprint density at radius 1 is 0.839 bits per heavy atom. The number of hydrogen-bond donors (Lipinski definition) is 2. The zero-order valence-electron chi connectivity index (χ0n) is 20.0. The van der Waals surface area contributed by atoms with Crippen LogP contribution in [-0.2, 0) is 14.4 Å². The molecule has 10 nitrogen and oxygen atoms in total. The molecule has 1 heterocycles. The molecule has 0 bridgehead atoms. The van der Waals surface area contributed by atoms with E-state index >= 15 is 0 Å². The summed E-state index contributed by atoms with van der Waals surface area (Å²) in [5.74, 6) is -0.678. The first kappa shape index (κ1) is 26.8. The van der Waals surface area contributed by atoms with Crippen molar-refractivity contribution in [2.24, 2.45) is 0 Å². The Morgan fingerprint density at radius 3 is 1.74 bits per heavy atom. The number of nitrogens with zero attached hydrogens (tertiary/aromatic N) is 4. The van der Waals surface area contributed by atoms with Crippen LogP contribution in [-0.4, -0.2) is 116 Å². The maximum atomic E-state index is 12.8. The van der Waals surface area contributed by atoms with Crippen LogP contribution < -0.4 is 10.6 Å². The molecule has 0 unspecified atom stereocenters. The molecule has 31 heavy (non-hydrogen) atoms. The minimum atomic E-state index is -1.04. The summed E-state index contributed by atoms with van der Waals surface area (Å²) in [4.78, 5) is 56.3. The first-order chi connectivity index (χ1) is 14.5. The van der Waals surface area contributed by atoms with Crippen LogP contribution in [0.4, 0.5) is 4.79 Å². The summed E-state index contributed by atoms with van der Waals surface area (Å²) in [7, 11) is 7.88. The van der Waals surface area contributed by atoms with Crippen molar-refractivity contribution in [3.05, 3.63) is 0 Å². The number of imide groups is 1. The molecule has 0 atom stereocenters. The third-order valence-electron chi connectivity index (χ3n) is 5.24. The van der Waals surface area contributed by atoms with E-state index < -0.39 is 11.6 Å². The van der Waals surface area contributed by atoms with Gasteiger partial charge >= 0.3 is 6.03 Å². The number of nitrogens with one attached hydrogen (secondary N) is 2. The summed E-state index contributed by atoms with van der Waals surface area (Å²) in [6.45, 7) is 6.41. The molecule has 0 aromatic heterocycles. The average Bonchev–Trinajstić information content (AvgIpc) is 2.83. The number of hydrogen-bond acceptors (Lipinski definition) is 6. The molecule has 1 aliphatic heterocycles. The summed E-state index contributed by atoms with van der Waals surface area (Å²) in [5.41, 5.74) is -1.04. The van der Waals surface area contributed by atoms with Crippen LogP contribution in [0.3, 0.4) is 0 Å². The van der Waals surface area contributed by atoms with Gasteiger partial charge in [-0.1, -0.05) is 0 Å². The van der Waals surface area contributed by atoms with Crippen LogP contribution in [0.5, 0.6) is 0 Å². The predicted molar refractivity (Wildman–Crippen MR) is 119 cm³/mol. The normalized spacial score (nSPS) is 15.9. The van der Waals surface area contributed by atoms with Gasteiger partial charge in [-0.25, -0.2) is 4.79 Å². The highest BCUT2D eigenvalue weighted by molar-refractivity contribution is 6.06. The Kier molecular flexibility index (Phi) is 10.9. The third kappa shape index (κ3) is 8.82.